The van der Waals surface area contributed by atoms with E-state index in [0.717, 1.165) is 28.1 Å². The van der Waals surface area contributed by atoms with Gasteiger partial charge in [-0.3, -0.25) is 4.79 Å². The SMILES string of the molecule is N#Cc1ccc2nc(CCl)n(Cc3csc(=O)[nH]3)c2c1. The number of thiazole rings is 1. The first-order valence-corrected chi connectivity index (χ1v) is 7.24. The minimum absolute atomic E-state index is 0.0884. The molecule has 0 spiro atoms. The van der Waals surface area contributed by atoms with Crippen LogP contribution in [-0.4, -0.2) is 14.5 Å². The van der Waals surface area contributed by atoms with Gasteiger partial charge in [-0.05, 0) is 18.2 Å². The minimum atomic E-state index is -0.0884. The Kier molecular flexibility index (Phi) is 3.30. The lowest BCUT2D eigenvalue weighted by molar-refractivity contribution is 0.761. The van der Waals surface area contributed by atoms with Crippen molar-refractivity contribution >= 4 is 34.0 Å². The first-order valence-electron chi connectivity index (χ1n) is 5.83. The van der Waals surface area contributed by atoms with Gasteiger partial charge >= 0.3 is 4.87 Å². The van der Waals surface area contributed by atoms with Crippen molar-refractivity contribution in [1.82, 2.24) is 14.5 Å². The number of nitrogens with zero attached hydrogens (tertiary/aromatic N) is 3. The van der Waals surface area contributed by atoms with Crippen molar-refractivity contribution in [2.45, 2.75) is 12.4 Å². The summed E-state index contributed by atoms with van der Waals surface area (Å²) in [4.78, 5) is 18.3. The molecule has 100 valence electrons. The second kappa shape index (κ2) is 5.12. The molecule has 1 N–H and O–H groups in total. The Morgan fingerprint density at radius 3 is 3.00 bits per heavy atom. The third-order valence-corrected chi connectivity index (χ3v) is 3.93. The highest BCUT2D eigenvalue weighted by Gasteiger charge is 2.12. The largest absolute Gasteiger partial charge is 0.321 e. The van der Waals surface area contributed by atoms with Gasteiger partial charge in [-0.15, -0.1) is 11.6 Å². The maximum atomic E-state index is 11.2. The van der Waals surface area contributed by atoms with Crippen LogP contribution >= 0.6 is 22.9 Å². The summed E-state index contributed by atoms with van der Waals surface area (Å²) in [6.07, 6.45) is 0. The number of benzene rings is 1. The van der Waals surface area contributed by atoms with Crippen LogP contribution in [0.5, 0.6) is 0 Å². The number of nitrogens with one attached hydrogen (secondary N) is 1. The number of aromatic amines is 1. The standard InChI is InChI=1S/C13H9ClN4OS/c14-4-12-17-10-2-1-8(5-15)3-11(10)18(12)6-9-7-20-13(19)16-9/h1-3,7H,4,6H2,(H,16,19). The number of aromatic nitrogens is 3. The highest BCUT2D eigenvalue weighted by molar-refractivity contribution is 7.07. The number of hydrogen-bond donors (Lipinski definition) is 1. The fraction of sp³-hybridized carbons (Fsp3) is 0.154. The van der Waals surface area contributed by atoms with Crippen molar-refractivity contribution in [3.05, 3.63) is 50.3 Å². The molecule has 0 fully saturated rings. The Morgan fingerprint density at radius 2 is 2.35 bits per heavy atom. The molecule has 2 aromatic heterocycles. The van der Waals surface area contributed by atoms with E-state index in [4.69, 9.17) is 16.9 Å². The highest BCUT2D eigenvalue weighted by Crippen LogP contribution is 2.20. The van der Waals surface area contributed by atoms with Gasteiger partial charge < -0.3 is 9.55 Å². The summed E-state index contributed by atoms with van der Waals surface area (Å²) in [6, 6.07) is 7.42. The predicted molar refractivity (Wildman–Crippen MR) is 78.0 cm³/mol. The van der Waals surface area contributed by atoms with Crippen LogP contribution in [-0.2, 0) is 12.4 Å². The highest BCUT2D eigenvalue weighted by atomic mass is 35.5. The van der Waals surface area contributed by atoms with E-state index in [1.54, 1.807) is 23.6 Å². The van der Waals surface area contributed by atoms with Gasteiger partial charge in [0.25, 0.3) is 0 Å². The molecule has 2 heterocycles. The Labute approximate surface area is 123 Å². The molecule has 20 heavy (non-hydrogen) atoms. The summed E-state index contributed by atoms with van der Waals surface area (Å²) in [5.41, 5.74) is 3.00. The lowest BCUT2D eigenvalue weighted by Crippen LogP contribution is -2.06. The first kappa shape index (κ1) is 12.9. The van der Waals surface area contributed by atoms with Gasteiger partial charge in [0.1, 0.15) is 5.82 Å². The molecule has 0 saturated heterocycles. The van der Waals surface area contributed by atoms with Gasteiger partial charge in [0.15, 0.2) is 0 Å². The van der Waals surface area contributed by atoms with Crippen LogP contribution in [0.25, 0.3) is 11.0 Å². The maximum absolute atomic E-state index is 11.2. The number of halogens is 1. The Bertz CT molecular complexity index is 870. The molecule has 0 atom stereocenters. The van der Waals surface area contributed by atoms with E-state index in [-0.39, 0.29) is 10.8 Å². The van der Waals surface area contributed by atoms with Gasteiger partial charge in [0.2, 0.25) is 0 Å². The van der Waals surface area contributed by atoms with Crippen molar-refractivity contribution in [3.8, 4) is 6.07 Å². The second-order valence-electron chi connectivity index (χ2n) is 4.24. The van der Waals surface area contributed by atoms with E-state index in [9.17, 15) is 4.79 Å². The average molecular weight is 305 g/mol. The number of nitriles is 1. The van der Waals surface area contributed by atoms with Gasteiger partial charge in [0, 0.05) is 11.1 Å². The Morgan fingerprint density at radius 1 is 1.50 bits per heavy atom. The molecule has 0 saturated carbocycles. The summed E-state index contributed by atoms with van der Waals surface area (Å²) in [5.74, 6) is 0.981. The molecular formula is C13H9ClN4OS. The zero-order valence-corrected chi connectivity index (χ0v) is 11.8. The van der Waals surface area contributed by atoms with E-state index < -0.39 is 0 Å². The zero-order valence-electron chi connectivity index (χ0n) is 10.3. The lowest BCUT2D eigenvalue weighted by atomic mass is 10.2. The molecule has 7 heteroatoms. The fourth-order valence-corrected chi connectivity index (χ4v) is 2.86. The number of rotatable bonds is 3. The number of hydrogen-bond acceptors (Lipinski definition) is 4. The molecule has 5 nitrogen and oxygen atoms in total. The molecule has 0 radical (unpaired) electrons. The number of H-pyrrole nitrogens is 1. The minimum Gasteiger partial charge on any atom is -0.321 e. The summed E-state index contributed by atoms with van der Waals surface area (Å²) in [6.45, 7) is 0.478. The van der Waals surface area contributed by atoms with Crippen LogP contribution in [0.2, 0.25) is 0 Å². The monoisotopic (exact) mass is 304 g/mol. The molecule has 0 aliphatic carbocycles. The normalized spacial score (nSPS) is 10.8. The van der Waals surface area contributed by atoms with E-state index in [1.165, 1.54) is 0 Å². The molecule has 0 unspecified atom stereocenters. The summed E-state index contributed by atoms with van der Waals surface area (Å²) in [5, 5.41) is 10.8. The second-order valence-corrected chi connectivity index (χ2v) is 5.35. The molecule has 3 rings (SSSR count). The smallest absolute Gasteiger partial charge is 0.304 e. The summed E-state index contributed by atoms with van der Waals surface area (Å²) < 4.78 is 1.92. The first-order chi connectivity index (χ1) is 9.71. The van der Waals surface area contributed by atoms with Crippen LogP contribution in [0.1, 0.15) is 17.1 Å². The van der Waals surface area contributed by atoms with Crippen molar-refractivity contribution in [2.24, 2.45) is 0 Å². The van der Waals surface area contributed by atoms with Gasteiger partial charge in [-0.2, -0.15) is 5.26 Å². The van der Waals surface area contributed by atoms with Crippen LogP contribution in [0.4, 0.5) is 0 Å². The lowest BCUT2D eigenvalue weighted by Gasteiger charge is -2.05. The van der Waals surface area contributed by atoms with E-state index in [0.29, 0.717) is 17.9 Å². The van der Waals surface area contributed by atoms with Crippen molar-refractivity contribution < 1.29 is 0 Å². The predicted octanol–water partition coefficient (Wildman–Crippen LogP) is 2.44. The number of imidazole rings is 1. The van der Waals surface area contributed by atoms with Crippen molar-refractivity contribution in [3.63, 3.8) is 0 Å². The Balaban J connectivity index is 2.16. The number of alkyl halides is 1. The van der Waals surface area contributed by atoms with Crippen LogP contribution in [0, 0.1) is 11.3 Å². The summed E-state index contributed by atoms with van der Waals surface area (Å²) >= 11 is 7.05. The molecule has 0 aliphatic rings. The van der Waals surface area contributed by atoms with Crippen molar-refractivity contribution in [1.29, 1.82) is 5.26 Å². The van der Waals surface area contributed by atoms with Crippen LogP contribution in [0.15, 0.2) is 28.4 Å². The molecular weight excluding hydrogens is 296 g/mol. The fourth-order valence-electron chi connectivity index (χ4n) is 2.08. The molecule has 0 aliphatic heterocycles. The third kappa shape index (κ3) is 2.22. The maximum Gasteiger partial charge on any atom is 0.304 e. The van der Waals surface area contributed by atoms with Crippen molar-refractivity contribution in [2.75, 3.05) is 0 Å². The average Bonchev–Trinajstić information content (AvgIpc) is 3.03. The van der Waals surface area contributed by atoms with E-state index in [1.807, 2.05) is 4.57 Å². The number of fused-ring (bicyclic) bond motifs is 1. The third-order valence-electron chi connectivity index (χ3n) is 2.98. The van der Waals surface area contributed by atoms with Crippen LogP contribution < -0.4 is 4.87 Å². The topological polar surface area (TPSA) is 74.5 Å². The molecule has 3 aromatic rings. The zero-order chi connectivity index (χ0) is 14.1. The molecule has 0 bridgehead atoms. The molecule has 0 amide bonds. The van der Waals surface area contributed by atoms with Gasteiger partial charge in [-0.1, -0.05) is 11.3 Å². The van der Waals surface area contributed by atoms with E-state index >= 15 is 0 Å². The van der Waals surface area contributed by atoms with Gasteiger partial charge in [0.05, 0.1) is 35.1 Å². The quantitative estimate of drug-likeness (QED) is 0.755. The Hall–Kier alpha value is -2.10. The van der Waals surface area contributed by atoms with E-state index in [2.05, 4.69) is 16.0 Å². The molecule has 1 aromatic carbocycles. The van der Waals surface area contributed by atoms with Gasteiger partial charge in [-0.25, -0.2) is 4.98 Å². The summed E-state index contributed by atoms with van der Waals surface area (Å²) in [7, 11) is 0. The van der Waals surface area contributed by atoms with Crippen LogP contribution in [0.3, 0.4) is 0 Å².